The molecule has 0 aliphatic heterocycles. The van der Waals surface area contributed by atoms with Gasteiger partial charge in [0.15, 0.2) is 6.10 Å². The van der Waals surface area contributed by atoms with Gasteiger partial charge in [0, 0.05) is 12.5 Å². The number of benzene rings is 1. The first-order valence-electron chi connectivity index (χ1n) is 9.23. The number of anilines is 1. The van der Waals surface area contributed by atoms with Crippen LogP contribution in [0.1, 0.15) is 51.9 Å². The standard InChI is InChI=1S/C19H26N2O6/c1-13(27-18(22)11-8-14-6-4-3-5-7-14)19(23)20-16-10-9-15(21(24)25)12-17(16)26-2/h9-10,12-14H,3-8,11H2,1-2H3,(H,20,23). The number of hydrogen-bond acceptors (Lipinski definition) is 6. The monoisotopic (exact) mass is 378 g/mol. The molecule has 1 atom stereocenters. The van der Waals surface area contributed by atoms with Crippen molar-refractivity contribution in [2.24, 2.45) is 5.92 Å². The van der Waals surface area contributed by atoms with Crippen LogP contribution in [0.5, 0.6) is 5.75 Å². The van der Waals surface area contributed by atoms with Crippen LogP contribution < -0.4 is 10.1 Å². The molecule has 8 nitrogen and oxygen atoms in total. The number of nitrogens with zero attached hydrogens (tertiary/aromatic N) is 1. The second kappa shape index (κ2) is 9.89. The summed E-state index contributed by atoms with van der Waals surface area (Å²) in [7, 11) is 1.35. The summed E-state index contributed by atoms with van der Waals surface area (Å²) in [4.78, 5) is 34.5. The number of esters is 1. The maximum Gasteiger partial charge on any atom is 0.306 e. The number of nitrogens with one attached hydrogen (secondary N) is 1. The second-order valence-electron chi connectivity index (χ2n) is 6.81. The zero-order chi connectivity index (χ0) is 19.8. The van der Waals surface area contributed by atoms with Crippen molar-refractivity contribution in [3.63, 3.8) is 0 Å². The molecule has 1 aliphatic carbocycles. The summed E-state index contributed by atoms with van der Waals surface area (Å²) >= 11 is 0. The fourth-order valence-electron chi connectivity index (χ4n) is 3.24. The largest absolute Gasteiger partial charge is 0.494 e. The molecule has 1 N–H and O–H groups in total. The summed E-state index contributed by atoms with van der Waals surface area (Å²) in [5, 5.41) is 13.4. The van der Waals surface area contributed by atoms with Gasteiger partial charge in [0.2, 0.25) is 0 Å². The van der Waals surface area contributed by atoms with E-state index < -0.39 is 16.9 Å². The number of ether oxygens (including phenoxy) is 2. The Labute approximate surface area is 158 Å². The van der Waals surface area contributed by atoms with Crippen molar-refractivity contribution in [1.29, 1.82) is 0 Å². The lowest BCUT2D eigenvalue weighted by Gasteiger charge is -2.21. The number of hydrogen-bond donors (Lipinski definition) is 1. The number of carbonyl (C=O) groups excluding carboxylic acids is 2. The molecule has 1 unspecified atom stereocenters. The quantitative estimate of drug-likeness (QED) is 0.418. The first-order valence-corrected chi connectivity index (χ1v) is 9.23. The zero-order valence-corrected chi connectivity index (χ0v) is 15.7. The minimum atomic E-state index is -0.969. The van der Waals surface area contributed by atoms with Crippen molar-refractivity contribution in [2.45, 2.75) is 58.0 Å². The van der Waals surface area contributed by atoms with E-state index in [2.05, 4.69) is 5.32 Å². The summed E-state index contributed by atoms with van der Waals surface area (Å²) in [6, 6.07) is 3.86. The third-order valence-electron chi connectivity index (χ3n) is 4.81. The number of non-ortho nitro benzene ring substituents is 1. The molecule has 8 heteroatoms. The van der Waals surface area contributed by atoms with Crippen molar-refractivity contribution in [1.82, 2.24) is 0 Å². The Morgan fingerprint density at radius 3 is 2.63 bits per heavy atom. The molecule has 1 aromatic carbocycles. The van der Waals surface area contributed by atoms with Crippen LogP contribution in [0, 0.1) is 16.0 Å². The highest BCUT2D eigenvalue weighted by Gasteiger charge is 2.21. The van der Waals surface area contributed by atoms with Crippen LogP contribution in [0.15, 0.2) is 18.2 Å². The van der Waals surface area contributed by atoms with Crippen molar-refractivity contribution in [3.8, 4) is 5.75 Å². The van der Waals surface area contributed by atoms with Gasteiger partial charge in [-0.25, -0.2) is 0 Å². The molecule has 0 bridgehead atoms. The fraction of sp³-hybridized carbons (Fsp3) is 0.579. The molecule has 0 radical (unpaired) electrons. The summed E-state index contributed by atoms with van der Waals surface area (Å²) in [6.07, 6.45) is 6.15. The van der Waals surface area contributed by atoms with Crippen LogP contribution >= 0.6 is 0 Å². The Morgan fingerprint density at radius 1 is 1.30 bits per heavy atom. The number of carbonyl (C=O) groups is 2. The average Bonchev–Trinajstić information content (AvgIpc) is 2.67. The molecule has 27 heavy (non-hydrogen) atoms. The van der Waals surface area contributed by atoms with E-state index in [1.54, 1.807) is 0 Å². The van der Waals surface area contributed by atoms with Crippen molar-refractivity contribution in [2.75, 3.05) is 12.4 Å². The van der Waals surface area contributed by atoms with Gasteiger partial charge in [-0.1, -0.05) is 32.1 Å². The molecule has 0 aromatic heterocycles. The number of nitro groups is 1. The van der Waals surface area contributed by atoms with Gasteiger partial charge in [-0.05, 0) is 25.3 Å². The van der Waals surface area contributed by atoms with Gasteiger partial charge in [0.25, 0.3) is 11.6 Å². The minimum absolute atomic E-state index is 0.146. The van der Waals surface area contributed by atoms with Crippen LogP contribution in [0.25, 0.3) is 0 Å². The Bertz CT molecular complexity index is 685. The Morgan fingerprint density at radius 2 is 2.00 bits per heavy atom. The topological polar surface area (TPSA) is 108 Å². The molecule has 148 valence electrons. The smallest absolute Gasteiger partial charge is 0.306 e. The van der Waals surface area contributed by atoms with Crippen LogP contribution in [-0.2, 0) is 14.3 Å². The highest BCUT2D eigenvalue weighted by molar-refractivity contribution is 5.96. The minimum Gasteiger partial charge on any atom is -0.494 e. The maximum atomic E-state index is 12.3. The molecule has 0 saturated heterocycles. The van der Waals surface area contributed by atoms with Gasteiger partial charge >= 0.3 is 5.97 Å². The lowest BCUT2D eigenvalue weighted by Crippen LogP contribution is -2.30. The number of rotatable bonds is 8. The van der Waals surface area contributed by atoms with Gasteiger partial charge < -0.3 is 14.8 Å². The van der Waals surface area contributed by atoms with Gasteiger partial charge in [-0.2, -0.15) is 0 Å². The van der Waals surface area contributed by atoms with E-state index in [4.69, 9.17) is 9.47 Å². The second-order valence-corrected chi connectivity index (χ2v) is 6.81. The number of methoxy groups -OCH3 is 1. The van der Waals surface area contributed by atoms with E-state index >= 15 is 0 Å². The van der Waals surface area contributed by atoms with Gasteiger partial charge in [-0.15, -0.1) is 0 Å². The summed E-state index contributed by atoms with van der Waals surface area (Å²) in [5.41, 5.74) is 0.130. The van der Waals surface area contributed by atoms with Gasteiger partial charge in [-0.3, -0.25) is 19.7 Å². The van der Waals surface area contributed by atoms with Crippen molar-refractivity contribution in [3.05, 3.63) is 28.3 Å². The third kappa shape index (κ3) is 6.23. The van der Waals surface area contributed by atoms with E-state index in [9.17, 15) is 19.7 Å². The highest BCUT2D eigenvalue weighted by Crippen LogP contribution is 2.29. The van der Waals surface area contributed by atoms with E-state index in [0.717, 1.165) is 19.3 Å². The normalized spacial score (nSPS) is 15.6. The van der Waals surface area contributed by atoms with Crippen LogP contribution in [0.2, 0.25) is 0 Å². The molecule has 2 rings (SSSR count). The van der Waals surface area contributed by atoms with Crippen molar-refractivity contribution >= 4 is 23.3 Å². The molecule has 1 amide bonds. The van der Waals surface area contributed by atoms with Gasteiger partial charge in [0.05, 0.1) is 23.8 Å². The average molecular weight is 378 g/mol. The van der Waals surface area contributed by atoms with Crippen molar-refractivity contribution < 1.29 is 24.0 Å². The Balaban J connectivity index is 1.85. The number of nitro benzene ring substituents is 1. The first kappa shape index (κ1) is 20.7. The zero-order valence-electron chi connectivity index (χ0n) is 15.7. The summed E-state index contributed by atoms with van der Waals surface area (Å²) < 4.78 is 10.3. The summed E-state index contributed by atoms with van der Waals surface area (Å²) in [6.45, 7) is 1.49. The fourth-order valence-corrected chi connectivity index (χ4v) is 3.24. The first-order chi connectivity index (χ1) is 12.9. The predicted molar refractivity (Wildman–Crippen MR) is 99.6 cm³/mol. The molecular formula is C19H26N2O6. The maximum absolute atomic E-state index is 12.3. The van der Waals surface area contributed by atoms with E-state index in [0.29, 0.717) is 12.3 Å². The van der Waals surface area contributed by atoms with Crippen LogP contribution in [-0.4, -0.2) is 30.0 Å². The molecule has 0 spiro atoms. The lowest BCUT2D eigenvalue weighted by atomic mass is 9.86. The third-order valence-corrected chi connectivity index (χ3v) is 4.81. The molecule has 1 aliphatic rings. The van der Waals surface area contributed by atoms with E-state index in [1.807, 2.05) is 0 Å². The summed E-state index contributed by atoms with van der Waals surface area (Å²) in [5.74, 6) is -0.180. The molecule has 1 aromatic rings. The van der Waals surface area contributed by atoms with E-state index in [1.165, 1.54) is 51.5 Å². The highest BCUT2D eigenvalue weighted by atomic mass is 16.6. The van der Waals surface area contributed by atoms with E-state index in [-0.39, 0.29) is 23.1 Å². The lowest BCUT2D eigenvalue weighted by molar-refractivity contribution is -0.384. The Hall–Kier alpha value is -2.64. The molecule has 1 fully saturated rings. The number of amides is 1. The molecule has 0 heterocycles. The predicted octanol–water partition coefficient (Wildman–Crippen LogP) is 3.83. The van der Waals surface area contributed by atoms with Gasteiger partial charge in [0.1, 0.15) is 5.75 Å². The molecular weight excluding hydrogens is 352 g/mol. The Kier molecular flexibility index (Phi) is 7.57. The SMILES string of the molecule is COc1cc([N+](=O)[O-])ccc1NC(=O)C(C)OC(=O)CCC1CCCCC1. The molecule has 1 saturated carbocycles. The van der Waals surface area contributed by atoms with Crippen LogP contribution in [0.3, 0.4) is 0 Å². The van der Waals surface area contributed by atoms with Crippen LogP contribution in [0.4, 0.5) is 11.4 Å².